The molecule has 1 aromatic heterocycles. The van der Waals surface area contributed by atoms with Gasteiger partial charge in [-0.3, -0.25) is 9.78 Å². The molecule has 1 aliphatic carbocycles. The van der Waals surface area contributed by atoms with E-state index in [9.17, 15) is 4.79 Å². The second-order valence-corrected chi connectivity index (χ2v) is 7.52. The fourth-order valence-corrected chi connectivity index (χ4v) is 3.03. The van der Waals surface area contributed by atoms with Gasteiger partial charge in [-0.2, -0.15) is 0 Å². The van der Waals surface area contributed by atoms with Crippen molar-refractivity contribution in [2.75, 3.05) is 0 Å². The lowest BCUT2D eigenvalue weighted by Gasteiger charge is -2.32. The Morgan fingerprint density at radius 2 is 1.83 bits per heavy atom. The highest BCUT2D eigenvalue weighted by Gasteiger charge is 2.51. The van der Waals surface area contributed by atoms with Crippen molar-refractivity contribution in [3.63, 3.8) is 0 Å². The maximum atomic E-state index is 12.4. The lowest BCUT2D eigenvalue weighted by atomic mass is 9.79. The van der Waals surface area contributed by atoms with E-state index >= 15 is 0 Å². The van der Waals surface area contributed by atoms with Crippen LogP contribution in [-0.4, -0.2) is 35.3 Å². The molecule has 2 heterocycles. The van der Waals surface area contributed by atoms with Gasteiger partial charge in [0.25, 0.3) is 5.91 Å². The molecule has 1 saturated carbocycles. The van der Waals surface area contributed by atoms with Crippen molar-refractivity contribution in [3.05, 3.63) is 24.0 Å². The van der Waals surface area contributed by atoms with Crippen LogP contribution in [0.5, 0.6) is 0 Å². The van der Waals surface area contributed by atoms with E-state index in [-0.39, 0.29) is 11.9 Å². The molecule has 1 N–H and O–H groups in total. The summed E-state index contributed by atoms with van der Waals surface area (Å²) in [6, 6.07) is 3.89. The predicted molar refractivity (Wildman–Crippen MR) is 89.7 cm³/mol. The quantitative estimate of drug-likeness (QED) is 0.867. The topological polar surface area (TPSA) is 60.5 Å². The molecule has 1 amide bonds. The minimum absolute atomic E-state index is 0.115. The second kappa shape index (κ2) is 5.91. The number of amides is 1. The molecule has 0 aromatic carbocycles. The van der Waals surface area contributed by atoms with Crippen molar-refractivity contribution in [2.45, 2.75) is 70.6 Å². The summed E-state index contributed by atoms with van der Waals surface area (Å²) in [5.74, 6) is -0.115. The fourth-order valence-electron chi connectivity index (χ4n) is 3.03. The average Bonchev–Trinajstić information content (AvgIpc) is 3.05. The Morgan fingerprint density at radius 3 is 2.43 bits per heavy atom. The van der Waals surface area contributed by atoms with Gasteiger partial charge in [0.1, 0.15) is 5.69 Å². The monoisotopic (exact) mass is 316 g/mol. The van der Waals surface area contributed by atoms with E-state index < -0.39 is 18.3 Å². The molecule has 0 bridgehead atoms. The summed E-state index contributed by atoms with van der Waals surface area (Å²) in [5.41, 5.74) is 0.458. The number of nitrogens with one attached hydrogen (secondary N) is 1. The molecule has 0 radical (unpaired) electrons. The molecule has 1 saturated heterocycles. The predicted octanol–water partition coefficient (Wildman–Crippen LogP) is 2.05. The van der Waals surface area contributed by atoms with Gasteiger partial charge in [-0.05, 0) is 58.1 Å². The second-order valence-electron chi connectivity index (χ2n) is 7.52. The summed E-state index contributed by atoms with van der Waals surface area (Å²) in [6.07, 6.45) is 6.13. The molecule has 6 heteroatoms. The minimum Gasteiger partial charge on any atom is -0.399 e. The van der Waals surface area contributed by atoms with Gasteiger partial charge in [0.2, 0.25) is 0 Å². The van der Waals surface area contributed by atoms with Crippen LogP contribution in [-0.2, 0) is 9.31 Å². The summed E-state index contributed by atoms with van der Waals surface area (Å²) in [5, 5.41) is 3.06. The Bertz CT molecular complexity index is 581. The van der Waals surface area contributed by atoms with E-state index in [1.807, 2.05) is 33.8 Å². The molecule has 1 aliphatic heterocycles. The standard InChI is InChI=1S/C17H25BN2O3/c1-16(2)17(3,4)23-18(22-16)12-9-10-19-14(11-12)15(21)20-13-7-5-6-8-13/h9-11,13H,5-8H2,1-4H3,(H,20,21). The van der Waals surface area contributed by atoms with Crippen LogP contribution in [0.3, 0.4) is 0 Å². The van der Waals surface area contributed by atoms with Crippen LogP contribution in [0.4, 0.5) is 0 Å². The average molecular weight is 316 g/mol. The van der Waals surface area contributed by atoms with Crippen LogP contribution in [0.25, 0.3) is 0 Å². The molecule has 2 fully saturated rings. The molecule has 2 aliphatic rings. The SMILES string of the molecule is CC1(C)OB(c2ccnc(C(=O)NC3CCCC3)c2)OC1(C)C. The fraction of sp³-hybridized carbons (Fsp3) is 0.647. The number of pyridine rings is 1. The van der Waals surface area contributed by atoms with Crippen LogP contribution in [0.15, 0.2) is 18.3 Å². The van der Waals surface area contributed by atoms with Crippen molar-refractivity contribution in [2.24, 2.45) is 0 Å². The van der Waals surface area contributed by atoms with Crippen LogP contribution < -0.4 is 10.8 Å². The van der Waals surface area contributed by atoms with Crippen molar-refractivity contribution in [1.82, 2.24) is 10.3 Å². The number of carbonyl (C=O) groups excluding carboxylic acids is 1. The van der Waals surface area contributed by atoms with E-state index in [0.29, 0.717) is 5.69 Å². The van der Waals surface area contributed by atoms with Gasteiger partial charge in [-0.15, -0.1) is 0 Å². The first kappa shape index (κ1) is 16.5. The van der Waals surface area contributed by atoms with Crippen molar-refractivity contribution < 1.29 is 14.1 Å². The first-order valence-electron chi connectivity index (χ1n) is 8.41. The van der Waals surface area contributed by atoms with Crippen molar-refractivity contribution in [3.8, 4) is 0 Å². The number of hydrogen-bond acceptors (Lipinski definition) is 4. The van der Waals surface area contributed by atoms with Crippen molar-refractivity contribution in [1.29, 1.82) is 0 Å². The normalized spacial score (nSPS) is 23.2. The zero-order valence-electron chi connectivity index (χ0n) is 14.4. The Morgan fingerprint density at radius 1 is 1.22 bits per heavy atom. The molecule has 0 atom stereocenters. The van der Waals surface area contributed by atoms with Crippen LogP contribution in [0.1, 0.15) is 63.9 Å². The van der Waals surface area contributed by atoms with Crippen molar-refractivity contribution >= 4 is 18.5 Å². The Labute approximate surface area is 138 Å². The van der Waals surface area contributed by atoms with Crippen LogP contribution in [0.2, 0.25) is 0 Å². The van der Waals surface area contributed by atoms with Gasteiger partial charge in [-0.1, -0.05) is 12.8 Å². The molecule has 1 aromatic rings. The zero-order chi connectivity index (χ0) is 16.7. The summed E-state index contributed by atoms with van der Waals surface area (Å²) < 4.78 is 12.1. The van der Waals surface area contributed by atoms with E-state index in [4.69, 9.17) is 9.31 Å². The summed E-state index contributed by atoms with van der Waals surface area (Å²) >= 11 is 0. The van der Waals surface area contributed by atoms with Gasteiger partial charge in [0.05, 0.1) is 11.2 Å². The molecular weight excluding hydrogens is 291 g/mol. The molecule has 0 unspecified atom stereocenters. The number of carbonyl (C=O) groups is 1. The summed E-state index contributed by atoms with van der Waals surface area (Å²) in [4.78, 5) is 16.6. The Balaban J connectivity index is 1.74. The molecule has 5 nitrogen and oxygen atoms in total. The first-order valence-corrected chi connectivity index (χ1v) is 8.41. The zero-order valence-corrected chi connectivity index (χ0v) is 14.4. The number of hydrogen-bond donors (Lipinski definition) is 1. The van der Waals surface area contributed by atoms with E-state index in [1.165, 1.54) is 12.8 Å². The first-order chi connectivity index (χ1) is 10.8. The smallest absolute Gasteiger partial charge is 0.399 e. The highest BCUT2D eigenvalue weighted by atomic mass is 16.7. The molecule has 124 valence electrons. The largest absolute Gasteiger partial charge is 0.494 e. The summed E-state index contributed by atoms with van der Waals surface area (Å²) in [6.45, 7) is 8.06. The third kappa shape index (κ3) is 3.28. The third-order valence-electron chi connectivity index (χ3n) is 5.23. The van der Waals surface area contributed by atoms with Gasteiger partial charge in [0, 0.05) is 12.2 Å². The van der Waals surface area contributed by atoms with Gasteiger partial charge in [-0.25, -0.2) is 0 Å². The Hall–Kier alpha value is -1.40. The lowest BCUT2D eigenvalue weighted by molar-refractivity contribution is 0.00578. The van der Waals surface area contributed by atoms with Gasteiger partial charge < -0.3 is 14.6 Å². The number of nitrogens with zero attached hydrogens (tertiary/aromatic N) is 1. The number of aromatic nitrogens is 1. The van der Waals surface area contributed by atoms with E-state index in [2.05, 4.69) is 10.3 Å². The van der Waals surface area contributed by atoms with Gasteiger partial charge in [0.15, 0.2) is 0 Å². The van der Waals surface area contributed by atoms with Crippen LogP contribution >= 0.6 is 0 Å². The van der Waals surface area contributed by atoms with Gasteiger partial charge >= 0.3 is 7.12 Å². The molecule has 3 rings (SSSR count). The molecule has 23 heavy (non-hydrogen) atoms. The molecule has 0 spiro atoms. The Kier molecular flexibility index (Phi) is 4.23. The number of rotatable bonds is 3. The maximum absolute atomic E-state index is 12.4. The third-order valence-corrected chi connectivity index (χ3v) is 5.23. The summed E-state index contributed by atoms with van der Waals surface area (Å²) in [7, 11) is -0.471. The van der Waals surface area contributed by atoms with Crippen LogP contribution in [0, 0.1) is 0 Å². The molecular formula is C17H25BN2O3. The minimum atomic E-state index is -0.471. The maximum Gasteiger partial charge on any atom is 0.494 e. The lowest BCUT2D eigenvalue weighted by Crippen LogP contribution is -2.41. The van der Waals surface area contributed by atoms with E-state index in [0.717, 1.165) is 18.3 Å². The highest BCUT2D eigenvalue weighted by Crippen LogP contribution is 2.36. The highest BCUT2D eigenvalue weighted by molar-refractivity contribution is 6.62. The van der Waals surface area contributed by atoms with E-state index in [1.54, 1.807) is 12.3 Å².